The van der Waals surface area contributed by atoms with E-state index in [2.05, 4.69) is 5.32 Å². The first-order valence-electron chi connectivity index (χ1n) is 12.3. The molecule has 37 heavy (non-hydrogen) atoms. The summed E-state index contributed by atoms with van der Waals surface area (Å²) >= 11 is 0. The second-order valence-corrected chi connectivity index (χ2v) is 8.93. The Hall–Kier alpha value is -3.63. The number of amides is 3. The maximum absolute atomic E-state index is 13.7. The summed E-state index contributed by atoms with van der Waals surface area (Å²) in [6.45, 7) is 1.43. The summed E-state index contributed by atoms with van der Waals surface area (Å²) in [4.78, 5) is 43.5. The molecule has 2 heterocycles. The molecule has 1 spiro atoms. The lowest BCUT2D eigenvalue weighted by atomic mass is 9.96. The van der Waals surface area contributed by atoms with Crippen LogP contribution in [0.1, 0.15) is 33.6 Å². The first-order chi connectivity index (χ1) is 18.0. The second kappa shape index (κ2) is 11.6. The normalized spacial score (nSPS) is 18.5. The minimum atomic E-state index is -1.00. The van der Waals surface area contributed by atoms with Crippen LogP contribution in [-0.4, -0.2) is 93.5 Å². The average Bonchev–Trinajstić information content (AvgIpc) is 3.31. The molecule has 2 fully saturated rings. The van der Waals surface area contributed by atoms with Crippen LogP contribution in [0.3, 0.4) is 0 Å². The zero-order valence-electron chi connectivity index (χ0n) is 21.4. The molecule has 0 radical (unpaired) electrons. The molecule has 198 valence electrons. The summed E-state index contributed by atoms with van der Waals surface area (Å²) < 4.78 is 22.1. The van der Waals surface area contributed by atoms with Gasteiger partial charge in [0.15, 0.2) is 0 Å². The zero-order chi connectivity index (χ0) is 26.4. The van der Waals surface area contributed by atoms with Gasteiger partial charge in [-0.2, -0.15) is 0 Å². The predicted molar refractivity (Wildman–Crippen MR) is 135 cm³/mol. The van der Waals surface area contributed by atoms with E-state index in [1.54, 1.807) is 59.4 Å². The Bertz CT molecular complexity index is 1090. The lowest BCUT2D eigenvalue weighted by Gasteiger charge is -2.44. The van der Waals surface area contributed by atoms with Crippen LogP contribution in [0.15, 0.2) is 48.5 Å². The molecule has 0 bridgehead atoms. The van der Waals surface area contributed by atoms with E-state index in [-0.39, 0.29) is 24.3 Å². The van der Waals surface area contributed by atoms with Gasteiger partial charge in [0, 0.05) is 45.1 Å². The van der Waals surface area contributed by atoms with Crippen LogP contribution in [0, 0.1) is 0 Å². The van der Waals surface area contributed by atoms with Gasteiger partial charge >= 0.3 is 0 Å². The quantitative estimate of drug-likeness (QED) is 0.540. The van der Waals surface area contributed by atoms with Crippen LogP contribution in [0.2, 0.25) is 0 Å². The molecule has 0 saturated carbocycles. The monoisotopic (exact) mass is 511 g/mol. The molecular weight excluding hydrogens is 478 g/mol. The van der Waals surface area contributed by atoms with Crippen LogP contribution in [-0.2, 0) is 14.3 Å². The number of methoxy groups -OCH3 is 3. The standard InChI is InChI=1S/C27H33N3O7/c1-34-17-14-28-24(31)20-18-37-27(30(20)25(32)19-8-5-4-6-9-19)12-15-29(16-13-27)26(33)23-21(35-2)10-7-11-22(23)36-3/h4-11,20H,12-18H2,1-3H3,(H,28,31)/t20-/m0/s1. The number of hydrogen-bond acceptors (Lipinski definition) is 7. The topological polar surface area (TPSA) is 107 Å². The first-order valence-corrected chi connectivity index (χ1v) is 12.3. The second-order valence-electron chi connectivity index (χ2n) is 8.93. The highest BCUT2D eigenvalue weighted by Crippen LogP contribution is 2.39. The van der Waals surface area contributed by atoms with Crippen molar-refractivity contribution in [2.24, 2.45) is 0 Å². The minimum Gasteiger partial charge on any atom is -0.496 e. The number of benzene rings is 2. The Morgan fingerprint density at radius 1 is 0.946 bits per heavy atom. The van der Waals surface area contributed by atoms with Gasteiger partial charge in [0.2, 0.25) is 5.91 Å². The smallest absolute Gasteiger partial charge is 0.261 e. The van der Waals surface area contributed by atoms with Gasteiger partial charge in [0.25, 0.3) is 11.8 Å². The summed E-state index contributed by atoms with van der Waals surface area (Å²) in [6, 6.07) is 13.2. The average molecular weight is 512 g/mol. The number of nitrogens with zero attached hydrogens (tertiary/aromatic N) is 2. The van der Waals surface area contributed by atoms with Crippen molar-refractivity contribution in [3.63, 3.8) is 0 Å². The molecule has 0 aromatic heterocycles. The van der Waals surface area contributed by atoms with Gasteiger partial charge < -0.3 is 29.2 Å². The molecular formula is C27H33N3O7. The molecule has 1 atom stereocenters. The number of nitrogens with one attached hydrogen (secondary N) is 1. The zero-order valence-corrected chi connectivity index (χ0v) is 21.4. The lowest BCUT2D eigenvalue weighted by Crippen LogP contribution is -2.60. The van der Waals surface area contributed by atoms with Gasteiger partial charge in [-0.1, -0.05) is 24.3 Å². The van der Waals surface area contributed by atoms with Crippen LogP contribution >= 0.6 is 0 Å². The van der Waals surface area contributed by atoms with Crippen LogP contribution in [0.5, 0.6) is 11.5 Å². The first kappa shape index (κ1) is 26.4. The van der Waals surface area contributed by atoms with E-state index in [4.69, 9.17) is 18.9 Å². The third kappa shape index (κ3) is 5.26. The number of likely N-dealkylation sites (tertiary alicyclic amines) is 1. The number of hydrogen-bond donors (Lipinski definition) is 1. The van der Waals surface area contributed by atoms with Gasteiger partial charge in [-0.15, -0.1) is 0 Å². The van der Waals surface area contributed by atoms with E-state index >= 15 is 0 Å². The third-order valence-electron chi connectivity index (χ3n) is 6.88. The lowest BCUT2D eigenvalue weighted by molar-refractivity contribution is -0.128. The van der Waals surface area contributed by atoms with Gasteiger partial charge in [-0.3, -0.25) is 19.3 Å². The highest BCUT2D eigenvalue weighted by molar-refractivity contribution is 6.00. The predicted octanol–water partition coefficient (Wildman–Crippen LogP) is 1.94. The molecule has 4 rings (SSSR count). The molecule has 0 unspecified atom stereocenters. The fourth-order valence-corrected chi connectivity index (χ4v) is 4.96. The molecule has 10 nitrogen and oxygen atoms in total. The molecule has 2 aromatic carbocycles. The summed E-state index contributed by atoms with van der Waals surface area (Å²) in [6.07, 6.45) is 0.716. The van der Waals surface area contributed by atoms with Crippen molar-refractivity contribution < 1.29 is 33.3 Å². The van der Waals surface area contributed by atoms with Crippen LogP contribution in [0.4, 0.5) is 0 Å². The Morgan fingerprint density at radius 3 is 2.19 bits per heavy atom. The molecule has 2 aromatic rings. The number of carbonyl (C=O) groups is 3. The third-order valence-corrected chi connectivity index (χ3v) is 6.88. The maximum Gasteiger partial charge on any atom is 0.261 e. The van der Waals surface area contributed by atoms with Gasteiger partial charge in [-0.25, -0.2) is 0 Å². The van der Waals surface area contributed by atoms with Gasteiger partial charge in [0.05, 0.1) is 27.4 Å². The van der Waals surface area contributed by atoms with Crippen molar-refractivity contribution >= 4 is 17.7 Å². The molecule has 3 amide bonds. The fraction of sp³-hybridized carbons (Fsp3) is 0.444. The summed E-state index contributed by atoms with van der Waals surface area (Å²) in [5.74, 6) is 0.0504. The Labute approximate surface area is 216 Å². The van der Waals surface area contributed by atoms with Crippen molar-refractivity contribution in [3.05, 3.63) is 59.7 Å². The van der Waals surface area contributed by atoms with E-state index in [0.717, 1.165) is 0 Å². The highest BCUT2D eigenvalue weighted by Gasteiger charge is 2.54. The summed E-state index contributed by atoms with van der Waals surface area (Å²) in [5, 5.41) is 2.83. The summed E-state index contributed by atoms with van der Waals surface area (Å²) in [5.41, 5.74) is -0.180. The van der Waals surface area contributed by atoms with Crippen molar-refractivity contribution in [1.82, 2.24) is 15.1 Å². The van der Waals surface area contributed by atoms with E-state index in [1.165, 1.54) is 14.2 Å². The fourth-order valence-electron chi connectivity index (χ4n) is 4.96. The largest absolute Gasteiger partial charge is 0.496 e. The highest BCUT2D eigenvalue weighted by atomic mass is 16.5. The van der Waals surface area contributed by atoms with Crippen molar-refractivity contribution in [2.45, 2.75) is 24.6 Å². The molecule has 2 aliphatic heterocycles. The van der Waals surface area contributed by atoms with Crippen molar-refractivity contribution in [1.29, 1.82) is 0 Å². The van der Waals surface area contributed by atoms with E-state index in [0.29, 0.717) is 61.7 Å². The number of carbonyl (C=O) groups excluding carboxylic acids is 3. The Morgan fingerprint density at radius 2 is 1.59 bits per heavy atom. The van der Waals surface area contributed by atoms with Crippen LogP contribution in [0.25, 0.3) is 0 Å². The van der Waals surface area contributed by atoms with Gasteiger partial charge in [-0.05, 0) is 24.3 Å². The maximum atomic E-state index is 13.7. The Balaban J connectivity index is 1.57. The molecule has 0 aliphatic carbocycles. The SMILES string of the molecule is COCCNC(=O)[C@@H]1COC2(CCN(C(=O)c3c(OC)cccc3OC)CC2)N1C(=O)c1ccccc1. The minimum absolute atomic E-state index is 0.0751. The van der Waals surface area contributed by atoms with Crippen LogP contribution < -0.4 is 14.8 Å². The summed E-state index contributed by atoms with van der Waals surface area (Å²) in [7, 11) is 4.57. The van der Waals surface area contributed by atoms with E-state index in [9.17, 15) is 14.4 Å². The number of rotatable bonds is 8. The van der Waals surface area contributed by atoms with Crippen molar-refractivity contribution in [3.8, 4) is 11.5 Å². The van der Waals surface area contributed by atoms with Gasteiger partial charge in [0.1, 0.15) is 28.8 Å². The molecule has 1 N–H and O–H groups in total. The van der Waals surface area contributed by atoms with Crippen molar-refractivity contribution in [2.75, 3.05) is 54.2 Å². The number of ether oxygens (including phenoxy) is 4. The number of piperidine rings is 1. The van der Waals surface area contributed by atoms with E-state index < -0.39 is 11.8 Å². The molecule has 2 aliphatic rings. The molecule has 10 heteroatoms. The molecule has 2 saturated heterocycles. The Kier molecular flexibility index (Phi) is 8.30. The van der Waals surface area contributed by atoms with E-state index in [1.807, 2.05) is 6.07 Å².